The maximum atomic E-state index is 12.8. The van der Waals surface area contributed by atoms with Crippen molar-refractivity contribution in [3.63, 3.8) is 0 Å². The van der Waals surface area contributed by atoms with E-state index in [2.05, 4.69) is 20.0 Å². The summed E-state index contributed by atoms with van der Waals surface area (Å²) in [6.07, 6.45) is 3.46. The van der Waals surface area contributed by atoms with Gasteiger partial charge in [-0.3, -0.25) is 5.32 Å². The molecule has 1 aromatic carbocycles. The summed E-state index contributed by atoms with van der Waals surface area (Å²) in [4.78, 5) is 19.2. The molecule has 0 atom stereocenters. The topological polar surface area (TPSA) is 111 Å². The van der Waals surface area contributed by atoms with Crippen molar-refractivity contribution < 1.29 is 22.7 Å². The van der Waals surface area contributed by atoms with Crippen LogP contribution in [0.3, 0.4) is 0 Å². The number of carbonyl (C=O) groups excluding carboxylic acids is 1. The highest BCUT2D eigenvalue weighted by molar-refractivity contribution is 7.89. The van der Waals surface area contributed by atoms with E-state index in [4.69, 9.17) is 4.74 Å². The number of rotatable bonds is 5. The summed E-state index contributed by atoms with van der Waals surface area (Å²) >= 11 is 0. The lowest BCUT2D eigenvalue weighted by Crippen LogP contribution is -2.41. The predicted molar refractivity (Wildman–Crippen MR) is 96.9 cm³/mol. The second kappa shape index (κ2) is 8.31. The number of nitrogens with zero attached hydrogens (tertiary/aromatic N) is 3. The Bertz CT molecular complexity index is 866. The number of methoxy groups -OCH3 is 1. The summed E-state index contributed by atoms with van der Waals surface area (Å²) in [5.41, 5.74) is 0.456. The highest BCUT2D eigenvalue weighted by Gasteiger charge is 2.30. The highest BCUT2D eigenvalue weighted by atomic mass is 32.2. The van der Waals surface area contributed by atoms with Crippen LogP contribution < -0.4 is 10.1 Å². The van der Waals surface area contributed by atoms with Gasteiger partial charge in [0.2, 0.25) is 15.9 Å². The number of hydrogen-bond donors (Lipinski definition) is 1. The van der Waals surface area contributed by atoms with Crippen LogP contribution in [0, 0.1) is 0 Å². The molecule has 0 unspecified atom stereocenters. The molecule has 1 aliphatic heterocycles. The lowest BCUT2D eigenvalue weighted by molar-refractivity contribution is 0.129. The van der Waals surface area contributed by atoms with E-state index in [1.54, 1.807) is 12.3 Å². The zero-order valence-corrected chi connectivity index (χ0v) is 15.6. The standard InChI is InChI=1S/C17H20N4O5S/c1-25-17(22)20-13-2-4-15(5-3-13)27(23,24)21-10-7-14(8-11-21)26-16-6-9-18-12-19-16/h2-6,9,12,14H,7-8,10-11H2,1H3,(H,20,22). The third-order valence-electron chi connectivity index (χ3n) is 4.17. The minimum absolute atomic E-state index is 0.0852. The van der Waals surface area contributed by atoms with Crippen LogP contribution >= 0.6 is 0 Å². The number of aromatic nitrogens is 2. The fourth-order valence-corrected chi connectivity index (χ4v) is 4.21. The quantitative estimate of drug-likeness (QED) is 0.827. The number of carbonyl (C=O) groups is 1. The molecule has 0 spiro atoms. The van der Waals surface area contributed by atoms with E-state index >= 15 is 0 Å². The van der Waals surface area contributed by atoms with Crippen molar-refractivity contribution in [2.45, 2.75) is 23.8 Å². The molecule has 1 aliphatic rings. The first-order valence-electron chi connectivity index (χ1n) is 8.37. The first-order chi connectivity index (χ1) is 13.0. The van der Waals surface area contributed by atoms with E-state index in [0.29, 0.717) is 37.5 Å². The van der Waals surface area contributed by atoms with Gasteiger partial charge >= 0.3 is 6.09 Å². The van der Waals surface area contributed by atoms with Gasteiger partial charge in [0.1, 0.15) is 12.4 Å². The zero-order chi connectivity index (χ0) is 19.3. The molecule has 2 aromatic rings. The predicted octanol–water partition coefficient (Wildman–Crippen LogP) is 1.89. The molecule has 1 fully saturated rings. The van der Waals surface area contributed by atoms with Crippen LogP contribution in [-0.2, 0) is 14.8 Å². The van der Waals surface area contributed by atoms with Gasteiger partial charge in [-0.25, -0.2) is 23.2 Å². The second-order valence-electron chi connectivity index (χ2n) is 5.91. The largest absolute Gasteiger partial charge is 0.474 e. The van der Waals surface area contributed by atoms with Crippen molar-refractivity contribution in [1.82, 2.24) is 14.3 Å². The fraction of sp³-hybridized carbons (Fsp3) is 0.353. The van der Waals surface area contributed by atoms with E-state index in [1.807, 2.05) is 0 Å². The molecular weight excluding hydrogens is 372 g/mol. The van der Waals surface area contributed by atoms with Gasteiger partial charge in [0.15, 0.2) is 0 Å². The molecule has 0 saturated carbocycles. The fourth-order valence-electron chi connectivity index (χ4n) is 2.74. The number of nitrogens with one attached hydrogen (secondary N) is 1. The zero-order valence-electron chi connectivity index (χ0n) is 14.7. The van der Waals surface area contributed by atoms with Crippen LogP contribution in [0.2, 0.25) is 0 Å². The van der Waals surface area contributed by atoms with E-state index < -0.39 is 16.1 Å². The average Bonchev–Trinajstić information content (AvgIpc) is 2.69. The summed E-state index contributed by atoms with van der Waals surface area (Å²) in [5.74, 6) is 0.486. The molecule has 1 amide bonds. The smallest absolute Gasteiger partial charge is 0.411 e. The Morgan fingerprint density at radius 2 is 1.89 bits per heavy atom. The summed E-state index contributed by atoms with van der Waals surface area (Å²) < 4.78 is 37.3. The molecular formula is C17H20N4O5S. The molecule has 0 aliphatic carbocycles. The number of ether oxygens (including phenoxy) is 2. The molecule has 1 saturated heterocycles. The molecule has 0 radical (unpaired) electrons. The van der Waals surface area contributed by atoms with Gasteiger partial charge in [-0.1, -0.05) is 0 Å². The van der Waals surface area contributed by atoms with Crippen molar-refractivity contribution in [2.24, 2.45) is 0 Å². The number of benzene rings is 1. The maximum absolute atomic E-state index is 12.8. The van der Waals surface area contributed by atoms with Gasteiger partial charge < -0.3 is 9.47 Å². The number of hydrogen-bond acceptors (Lipinski definition) is 7. The van der Waals surface area contributed by atoms with Gasteiger partial charge in [-0.2, -0.15) is 4.31 Å². The minimum atomic E-state index is -3.60. The molecule has 27 heavy (non-hydrogen) atoms. The molecule has 10 heteroatoms. The summed E-state index contributed by atoms with van der Waals surface area (Å²) in [5, 5.41) is 2.48. The average molecular weight is 392 g/mol. The molecule has 1 N–H and O–H groups in total. The summed E-state index contributed by atoms with van der Waals surface area (Å²) in [6.45, 7) is 0.723. The Morgan fingerprint density at radius 1 is 1.19 bits per heavy atom. The van der Waals surface area contributed by atoms with Crippen LogP contribution in [0.4, 0.5) is 10.5 Å². The summed E-state index contributed by atoms with van der Waals surface area (Å²) in [6, 6.07) is 7.64. The SMILES string of the molecule is COC(=O)Nc1ccc(S(=O)(=O)N2CCC(Oc3ccncn3)CC2)cc1. The van der Waals surface area contributed by atoms with E-state index in [0.717, 1.165) is 0 Å². The first-order valence-corrected chi connectivity index (χ1v) is 9.81. The van der Waals surface area contributed by atoms with Crippen molar-refractivity contribution in [1.29, 1.82) is 0 Å². The van der Waals surface area contributed by atoms with Crippen molar-refractivity contribution in [2.75, 3.05) is 25.5 Å². The Labute approximate surface area is 157 Å². The molecule has 0 bridgehead atoms. The number of anilines is 1. The third-order valence-corrected chi connectivity index (χ3v) is 6.08. The van der Waals surface area contributed by atoms with E-state index in [1.165, 1.54) is 42.0 Å². The number of amides is 1. The van der Waals surface area contributed by atoms with Gasteiger partial charge in [-0.15, -0.1) is 0 Å². The van der Waals surface area contributed by atoms with Gasteiger partial charge in [0, 0.05) is 31.0 Å². The lowest BCUT2D eigenvalue weighted by atomic mass is 10.1. The van der Waals surface area contributed by atoms with Crippen LogP contribution in [0.1, 0.15) is 12.8 Å². The van der Waals surface area contributed by atoms with Crippen LogP contribution in [0.15, 0.2) is 47.8 Å². The molecule has 3 rings (SSSR count). The van der Waals surface area contributed by atoms with E-state index in [-0.39, 0.29) is 11.0 Å². The van der Waals surface area contributed by atoms with Crippen LogP contribution in [0.25, 0.3) is 0 Å². The minimum Gasteiger partial charge on any atom is -0.474 e. The van der Waals surface area contributed by atoms with Crippen LogP contribution in [0.5, 0.6) is 5.88 Å². The normalized spacial score (nSPS) is 15.9. The molecule has 9 nitrogen and oxygen atoms in total. The highest BCUT2D eigenvalue weighted by Crippen LogP contribution is 2.24. The van der Waals surface area contributed by atoms with Crippen molar-refractivity contribution in [3.05, 3.63) is 42.9 Å². The number of sulfonamides is 1. The Balaban J connectivity index is 1.60. The van der Waals surface area contributed by atoms with Gasteiger partial charge in [0.05, 0.1) is 12.0 Å². The second-order valence-corrected chi connectivity index (χ2v) is 7.85. The van der Waals surface area contributed by atoms with E-state index in [9.17, 15) is 13.2 Å². The van der Waals surface area contributed by atoms with Gasteiger partial charge in [0.25, 0.3) is 0 Å². The Kier molecular flexibility index (Phi) is 5.87. The molecule has 144 valence electrons. The number of piperidine rings is 1. The maximum Gasteiger partial charge on any atom is 0.411 e. The van der Waals surface area contributed by atoms with Gasteiger partial charge in [-0.05, 0) is 37.1 Å². The third kappa shape index (κ3) is 4.72. The monoisotopic (exact) mass is 392 g/mol. The molecule has 2 heterocycles. The summed E-state index contributed by atoms with van der Waals surface area (Å²) in [7, 11) is -2.34. The Morgan fingerprint density at radius 3 is 2.48 bits per heavy atom. The van der Waals surface area contributed by atoms with Crippen molar-refractivity contribution >= 4 is 21.8 Å². The van der Waals surface area contributed by atoms with Crippen LogP contribution in [-0.4, -0.2) is 55.1 Å². The first kappa shape index (κ1) is 19.1. The van der Waals surface area contributed by atoms with Crippen molar-refractivity contribution in [3.8, 4) is 5.88 Å². The molecule has 1 aromatic heterocycles. The Hall–Kier alpha value is -2.72. The lowest BCUT2D eigenvalue weighted by Gasteiger charge is -2.31.